The van der Waals surface area contributed by atoms with E-state index in [4.69, 9.17) is 0 Å². The Balaban J connectivity index is 2.29. The minimum absolute atomic E-state index is 0.00106. The lowest BCUT2D eigenvalue weighted by atomic mass is 10.3. The zero-order valence-electron chi connectivity index (χ0n) is 8.29. The molecule has 5 heteroatoms. The third-order valence-electron chi connectivity index (χ3n) is 1.87. The van der Waals surface area contributed by atoms with Crippen LogP contribution in [0.25, 0.3) is 0 Å². The van der Waals surface area contributed by atoms with Crippen molar-refractivity contribution >= 4 is 15.7 Å². The molecule has 16 heavy (non-hydrogen) atoms. The van der Waals surface area contributed by atoms with Gasteiger partial charge in [-0.2, -0.15) is 8.42 Å². The average Bonchev–Trinajstić information content (AvgIpc) is 2.31. The lowest BCUT2D eigenvalue weighted by Crippen LogP contribution is -2.14. The van der Waals surface area contributed by atoms with Gasteiger partial charge in [0.15, 0.2) is 5.03 Å². The van der Waals surface area contributed by atoms with E-state index >= 15 is 0 Å². The minimum Gasteiger partial charge on any atom is -0.278 e. The molecule has 1 radical (unpaired) electrons. The van der Waals surface area contributed by atoms with Gasteiger partial charge in [-0.1, -0.05) is 18.2 Å². The number of sulfonamides is 1. The molecule has 0 unspecified atom stereocenters. The number of pyridine rings is 1. The van der Waals surface area contributed by atoms with Crippen molar-refractivity contribution in [1.29, 1.82) is 0 Å². The van der Waals surface area contributed by atoms with E-state index in [9.17, 15) is 8.42 Å². The van der Waals surface area contributed by atoms with E-state index in [0.29, 0.717) is 5.69 Å². The van der Waals surface area contributed by atoms with Crippen LogP contribution in [0.4, 0.5) is 5.69 Å². The van der Waals surface area contributed by atoms with E-state index in [-0.39, 0.29) is 5.03 Å². The number of nitrogens with one attached hydrogen (secondary N) is 1. The van der Waals surface area contributed by atoms with Gasteiger partial charge < -0.3 is 0 Å². The number of anilines is 1. The van der Waals surface area contributed by atoms with Crippen molar-refractivity contribution in [3.8, 4) is 0 Å². The summed E-state index contributed by atoms with van der Waals surface area (Å²) >= 11 is 0. The molecule has 0 aliphatic heterocycles. The highest BCUT2D eigenvalue weighted by atomic mass is 32.2. The molecule has 0 amide bonds. The summed E-state index contributed by atoms with van der Waals surface area (Å²) in [6.07, 6.45) is 1.44. The molecule has 1 aromatic heterocycles. The molecule has 0 saturated heterocycles. The summed E-state index contributed by atoms with van der Waals surface area (Å²) in [5.74, 6) is 0. The highest BCUT2D eigenvalue weighted by Crippen LogP contribution is 2.12. The maximum atomic E-state index is 11.8. The first-order valence-electron chi connectivity index (χ1n) is 4.58. The molecular formula is C11H9N2O2S. The van der Waals surface area contributed by atoms with E-state index in [2.05, 4.69) is 15.8 Å². The van der Waals surface area contributed by atoms with Crippen molar-refractivity contribution in [3.63, 3.8) is 0 Å². The van der Waals surface area contributed by atoms with Gasteiger partial charge in [-0.25, -0.2) is 4.98 Å². The zero-order chi connectivity index (χ0) is 11.4. The van der Waals surface area contributed by atoms with E-state index in [1.54, 1.807) is 36.4 Å². The molecule has 2 aromatic rings. The first-order valence-corrected chi connectivity index (χ1v) is 6.07. The number of benzene rings is 1. The van der Waals surface area contributed by atoms with Crippen LogP contribution in [-0.4, -0.2) is 13.4 Å². The maximum absolute atomic E-state index is 11.8. The molecule has 1 aromatic carbocycles. The molecule has 2 rings (SSSR count). The van der Waals surface area contributed by atoms with Gasteiger partial charge in [0.1, 0.15) is 0 Å². The van der Waals surface area contributed by atoms with Crippen molar-refractivity contribution in [2.75, 3.05) is 4.72 Å². The lowest BCUT2D eigenvalue weighted by molar-refractivity contribution is 0.597. The fraction of sp³-hybridized carbons (Fsp3) is 0. The van der Waals surface area contributed by atoms with Crippen molar-refractivity contribution < 1.29 is 8.42 Å². The van der Waals surface area contributed by atoms with Crippen LogP contribution in [-0.2, 0) is 10.0 Å². The Kier molecular flexibility index (Phi) is 2.87. The summed E-state index contributed by atoms with van der Waals surface area (Å²) in [4.78, 5) is 3.79. The second-order valence-electron chi connectivity index (χ2n) is 3.07. The van der Waals surface area contributed by atoms with Crippen molar-refractivity contribution in [3.05, 3.63) is 54.7 Å². The van der Waals surface area contributed by atoms with Gasteiger partial charge in [0.25, 0.3) is 10.0 Å². The molecule has 0 atom stereocenters. The van der Waals surface area contributed by atoms with Crippen LogP contribution < -0.4 is 4.72 Å². The van der Waals surface area contributed by atoms with Crippen molar-refractivity contribution in [2.45, 2.75) is 5.03 Å². The summed E-state index contributed by atoms with van der Waals surface area (Å²) < 4.78 is 26.0. The molecule has 4 nitrogen and oxygen atoms in total. The molecule has 0 bridgehead atoms. The van der Waals surface area contributed by atoms with Gasteiger partial charge in [-0.3, -0.25) is 4.72 Å². The van der Waals surface area contributed by atoms with Crippen LogP contribution in [0.15, 0.2) is 53.7 Å². The zero-order valence-corrected chi connectivity index (χ0v) is 9.11. The van der Waals surface area contributed by atoms with Gasteiger partial charge in [-0.05, 0) is 30.3 Å². The maximum Gasteiger partial charge on any atom is 0.279 e. The molecule has 0 spiro atoms. The van der Waals surface area contributed by atoms with Gasteiger partial charge >= 0.3 is 0 Å². The second-order valence-corrected chi connectivity index (χ2v) is 4.69. The smallest absolute Gasteiger partial charge is 0.278 e. The van der Waals surface area contributed by atoms with Crippen molar-refractivity contribution in [1.82, 2.24) is 4.98 Å². The summed E-state index contributed by atoms with van der Waals surface area (Å²) in [7, 11) is -3.59. The Morgan fingerprint density at radius 1 is 1.19 bits per heavy atom. The summed E-state index contributed by atoms with van der Waals surface area (Å²) in [5, 5.41) is -0.00106. The summed E-state index contributed by atoms with van der Waals surface area (Å²) in [5.41, 5.74) is 0.466. The van der Waals surface area contributed by atoms with Gasteiger partial charge in [0.05, 0.1) is 0 Å². The Bertz CT molecular complexity index is 553. The van der Waals surface area contributed by atoms with Crippen LogP contribution >= 0.6 is 0 Å². The van der Waals surface area contributed by atoms with Crippen LogP contribution in [0.5, 0.6) is 0 Å². The molecule has 1 heterocycles. The molecule has 0 saturated carbocycles. The predicted molar refractivity (Wildman–Crippen MR) is 60.3 cm³/mol. The standard InChI is InChI=1S/C11H9N2O2S/c14-16(15,11-8-4-5-9-12-11)13-10-6-2-1-3-7-10/h1-2,4-9,13H. The SMILES string of the molecule is O=S(=O)(Nc1c[c]ccc1)c1ccccn1. The highest BCUT2D eigenvalue weighted by Gasteiger charge is 2.14. The molecule has 0 aliphatic rings. The Morgan fingerprint density at radius 2 is 2.06 bits per heavy atom. The van der Waals surface area contributed by atoms with Crippen LogP contribution in [0.2, 0.25) is 0 Å². The summed E-state index contributed by atoms with van der Waals surface area (Å²) in [6.45, 7) is 0. The van der Waals surface area contributed by atoms with Crippen LogP contribution in [0.3, 0.4) is 0 Å². The predicted octanol–water partition coefficient (Wildman–Crippen LogP) is 1.68. The quantitative estimate of drug-likeness (QED) is 0.877. The van der Waals surface area contributed by atoms with Gasteiger partial charge in [0.2, 0.25) is 0 Å². The molecule has 0 aliphatic carbocycles. The number of hydrogen-bond acceptors (Lipinski definition) is 3. The first-order chi connectivity index (χ1) is 7.68. The molecule has 1 N–H and O–H groups in total. The van der Waals surface area contributed by atoms with E-state index in [1.165, 1.54) is 12.3 Å². The fourth-order valence-corrected chi connectivity index (χ4v) is 2.17. The lowest BCUT2D eigenvalue weighted by Gasteiger charge is -2.06. The Hall–Kier alpha value is -1.88. The van der Waals surface area contributed by atoms with Gasteiger partial charge in [0, 0.05) is 11.9 Å². The van der Waals surface area contributed by atoms with Crippen LogP contribution in [0.1, 0.15) is 0 Å². The monoisotopic (exact) mass is 233 g/mol. The fourth-order valence-electron chi connectivity index (χ4n) is 1.17. The largest absolute Gasteiger partial charge is 0.279 e. The third kappa shape index (κ3) is 2.38. The first kappa shape index (κ1) is 10.6. The number of rotatable bonds is 3. The minimum atomic E-state index is -3.59. The van der Waals surface area contributed by atoms with Crippen molar-refractivity contribution in [2.24, 2.45) is 0 Å². The number of aromatic nitrogens is 1. The molecular weight excluding hydrogens is 224 g/mol. The average molecular weight is 233 g/mol. The van der Waals surface area contributed by atoms with Gasteiger partial charge in [-0.15, -0.1) is 0 Å². The van der Waals surface area contributed by atoms with E-state index < -0.39 is 10.0 Å². The Labute approximate surface area is 94.0 Å². The normalized spacial score (nSPS) is 11.0. The van der Waals surface area contributed by atoms with E-state index in [1.807, 2.05) is 0 Å². The third-order valence-corrected chi connectivity index (χ3v) is 3.17. The molecule has 81 valence electrons. The second kappa shape index (κ2) is 4.32. The summed E-state index contributed by atoms with van der Waals surface area (Å²) in [6, 6.07) is 14.1. The molecule has 0 fully saturated rings. The topological polar surface area (TPSA) is 59.1 Å². The van der Waals surface area contributed by atoms with E-state index in [0.717, 1.165) is 0 Å². The number of nitrogens with zero attached hydrogens (tertiary/aromatic N) is 1. The van der Waals surface area contributed by atoms with Crippen LogP contribution in [0, 0.1) is 6.07 Å². The Morgan fingerprint density at radius 3 is 2.69 bits per heavy atom. The number of hydrogen-bond donors (Lipinski definition) is 1. The highest BCUT2D eigenvalue weighted by molar-refractivity contribution is 7.92.